The van der Waals surface area contributed by atoms with Crippen LogP contribution in [0.3, 0.4) is 0 Å². The van der Waals surface area contributed by atoms with Crippen LogP contribution in [0.1, 0.15) is 38.7 Å². The van der Waals surface area contributed by atoms with Crippen LogP contribution in [0.25, 0.3) is 0 Å². The molecule has 1 heterocycles. The highest BCUT2D eigenvalue weighted by Gasteiger charge is 2.29. The van der Waals surface area contributed by atoms with Crippen LogP contribution in [0.2, 0.25) is 5.02 Å². The van der Waals surface area contributed by atoms with Crippen molar-refractivity contribution in [3.8, 4) is 0 Å². The number of hydrogen-bond donors (Lipinski definition) is 1. The molecule has 0 saturated carbocycles. The molecular weight excluding hydrogens is 277 g/mol. The minimum absolute atomic E-state index is 0.192. The summed E-state index contributed by atoms with van der Waals surface area (Å²) in [6.07, 6.45) is 4.67. The van der Waals surface area contributed by atoms with Crippen molar-refractivity contribution in [1.82, 2.24) is 5.32 Å². The number of rotatable bonds is 6. The summed E-state index contributed by atoms with van der Waals surface area (Å²) in [6.45, 7) is 5.23. The summed E-state index contributed by atoms with van der Waals surface area (Å²) in [5.74, 6) is -0.362. The van der Waals surface area contributed by atoms with Crippen LogP contribution in [0.15, 0.2) is 18.2 Å². The Kier molecular flexibility index (Phi) is 5.82. The maximum Gasteiger partial charge on any atom is 0.141 e. The molecule has 0 spiro atoms. The van der Waals surface area contributed by atoms with Crippen molar-refractivity contribution in [1.29, 1.82) is 0 Å². The van der Waals surface area contributed by atoms with E-state index < -0.39 is 0 Å². The first-order chi connectivity index (χ1) is 9.60. The van der Waals surface area contributed by atoms with Gasteiger partial charge in [-0.05, 0) is 56.8 Å². The van der Waals surface area contributed by atoms with Gasteiger partial charge in [0, 0.05) is 6.04 Å². The second-order valence-electron chi connectivity index (χ2n) is 5.58. The monoisotopic (exact) mass is 299 g/mol. The molecule has 0 amide bonds. The SMILES string of the molecule is CCCNC(Cc1ccc(F)c(Cl)c1)C1CCC(C)O1. The summed E-state index contributed by atoms with van der Waals surface area (Å²) in [6, 6.07) is 5.23. The molecule has 2 nitrogen and oxygen atoms in total. The summed E-state index contributed by atoms with van der Waals surface area (Å²) < 4.78 is 19.2. The molecule has 1 N–H and O–H groups in total. The van der Waals surface area contributed by atoms with E-state index in [9.17, 15) is 4.39 Å². The Labute approximate surface area is 125 Å². The average Bonchev–Trinajstić information content (AvgIpc) is 2.85. The number of ether oxygens (including phenoxy) is 1. The fourth-order valence-electron chi connectivity index (χ4n) is 2.71. The first kappa shape index (κ1) is 15.7. The third-order valence-corrected chi connectivity index (χ3v) is 4.10. The van der Waals surface area contributed by atoms with Gasteiger partial charge in [-0.1, -0.05) is 24.6 Å². The maximum absolute atomic E-state index is 13.2. The fraction of sp³-hybridized carbons (Fsp3) is 0.625. The molecule has 3 unspecified atom stereocenters. The molecule has 2 rings (SSSR count). The van der Waals surface area contributed by atoms with Gasteiger partial charge in [-0.2, -0.15) is 0 Å². The lowest BCUT2D eigenvalue weighted by Crippen LogP contribution is -2.42. The van der Waals surface area contributed by atoms with Crippen LogP contribution in [-0.2, 0) is 11.2 Å². The largest absolute Gasteiger partial charge is 0.374 e. The van der Waals surface area contributed by atoms with Gasteiger partial charge in [0.1, 0.15) is 5.82 Å². The van der Waals surface area contributed by atoms with Gasteiger partial charge >= 0.3 is 0 Å². The Morgan fingerprint density at radius 2 is 2.25 bits per heavy atom. The van der Waals surface area contributed by atoms with Crippen LogP contribution < -0.4 is 5.32 Å². The van der Waals surface area contributed by atoms with Crippen molar-refractivity contribution in [2.75, 3.05) is 6.54 Å². The summed E-state index contributed by atoms with van der Waals surface area (Å²) in [5.41, 5.74) is 1.05. The minimum atomic E-state index is -0.362. The van der Waals surface area contributed by atoms with Crippen molar-refractivity contribution in [2.45, 2.75) is 57.8 Å². The van der Waals surface area contributed by atoms with Gasteiger partial charge in [0.05, 0.1) is 17.2 Å². The molecule has 1 saturated heterocycles. The predicted octanol–water partition coefficient (Wildman–Crippen LogP) is 3.96. The summed E-state index contributed by atoms with van der Waals surface area (Å²) in [4.78, 5) is 0. The zero-order valence-corrected chi connectivity index (χ0v) is 12.9. The molecule has 1 aromatic rings. The van der Waals surface area contributed by atoms with Gasteiger partial charge in [-0.3, -0.25) is 0 Å². The molecule has 112 valence electrons. The zero-order chi connectivity index (χ0) is 14.5. The maximum atomic E-state index is 13.2. The summed E-state index contributed by atoms with van der Waals surface area (Å²) in [5, 5.41) is 3.74. The van der Waals surface area contributed by atoms with E-state index in [1.165, 1.54) is 6.07 Å². The smallest absolute Gasteiger partial charge is 0.141 e. The van der Waals surface area contributed by atoms with Crippen LogP contribution in [0, 0.1) is 5.82 Å². The third kappa shape index (κ3) is 4.18. The number of halogens is 2. The average molecular weight is 300 g/mol. The molecule has 0 bridgehead atoms. The van der Waals surface area contributed by atoms with Crippen molar-refractivity contribution < 1.29 is 9.13 Å². The standard InChI is InChI=1S/C16H23ClFNO/c1-3-8-19-15(16-7-4-11(2)20-16)10-12-5-6-14(18)13(17)9-12/h5-6,9,11,15-16,19H,3-4,7-8,10H2,1-2H3. The highest BCUT2D eigenvalue weighted by atomic mass is 35.5. The Balaban J connectivity index is 2.04. The van der Waals surface area contributed by atoms with Gasteiger partial charge in [0.15, 0.2) is 0 Å². The minimum Gasteiger partial charge on any atom is -0.374 e. The summed E-state index contributed by atoms with van der Waals surface area (Å²) in [7, 11) is 0. The second-order valence-corrected chi connectivity index (χ2v) is 5.98. The highest BCUT2D eigenvalue weighted by molar-refractivity contribution is 6.30. The Morgan fingerprint density at radius 1 is 1.45 bits per heavy atom. The molecule has 4 heteroatoms. The topological polar surface area (TPSA) is 21.3 Å². The van der Waals surface area contributed by atoms with Crippen LogP contribution in [0.5, 0.6) is 0 Å². The van der Waals surface area contributed by atoms with Gasteiger partial charge in [0.25, 0.3) is 0 Å². The predicted molar refractivity (Wildman–Crippen MR) is 80.8 cm³/mol. The zero-order valence-electron chi connectivity index (χ0n) is 12.2. The van der Waals surface area contributed by atoms with E-state index in [-0.39, 0.29) is 23.0 Å². The second kappa shape index (κ2) is 7.39. The van der Waals surface area contributed by atoms with Crippen LogP contribution in [0.4, 0.5) is 4.39 Å². The molecule has 0 radical (unpaired) electrons. The Bertz CT molecular complexity index is 440. The molecule has 1 aliphatic rings. The number of hydrogen-bond acceptors (Lipinski definition) is 2. The molecule has 3 atom stereocenters. The normalized spacial score (nSPS) is 24.0. The van der Waals surface area contributed by atoms with E-state index in [2.05, 4.69) is 19.2 Å². The lowest BCUT2D eigenvalue weighted by molar-refractivity contribution is 0.0321. The van der Waals surface area contributed by atoms with Crippen molar-refractivity contribution in [3.63, 3.8) is 0 Å². The van der Waals surface area contributed by atoms with Crippen molar-refractivity contribution >= 4 is 11.6 Å². The van der Waals surface area contributed by atoms with E-state index in [0.29, 0.717) is 6.10 Å². The quantitative estimate of drug-likeness (QED) is 0.858. The van der Waals surface area contributed by atoms with Gasteiger partial charge in [-0.15, -0.1) is 0 Å². The molecule has 1 aliphatic heterocycles. The molecule has 0 aromatic heterocycles. The molecule has 1 fully saturated rings. The Morgan fingerprint density at radius 3 is 2.85 bits per heavy atom. The third-order valence-electron chi connectivity index (χ3n) is 3.81. The molecule has 20 heavy (non-hydrogen) atoms. The van der Waals surface area contributed by atoms with Crippen LogP contribution in [-0.4, -0.2) is 24.8 Å². The number of benzene rings is 1. The van der Waals surface area contributed by atoms with E-state index >= 15 is 0 Å². The summed E-state index contributed by atoms with van der Waals surface area (Å²) >= 11 is 5.86. The lowest BCUT2D eigenvalue weighted by Gasteiger charge is -2.25. The first-order valence-electron chi connectivity index (χ1n) is 7.43. The van der Waals surface area contributed by atoms with Gasteiger partial charge in [-0.25, -0.2) is 4.39 Å². The van der Waals surface area contributed by atoms with Gasteiger partial charge < -0.3 is 10.1 Å². The van der Waals surface area contributed by atoms with E-state index in [1.807, 2.05) is 0 Å². The Hall–Kier alpha value is -0.640. The van der Waals surface area contributed by atoms with E-state index in [1.54, 1.807) is 12.1 Å². The highest BCUT2D eigenvalue weighted by Crippen LogP contribution is 2.25. The van der Waals surface area contributed by atoms with Crippen molar-refractivity contribution in [3.05, 3.63) is 34.6 Å². The van der Waals surface area contributed by atoms with Gasteiger partial charge in [0.2, 0.25) is 0 Å². The molecule has 0 aliphatic carbocycles. The first-order valence-corrected chi connectivity index (χ1v) is 7.80. The van der Waals surface area contributed by atoms with Crippen molar-refractivity contribution in [2.24, 2.45) is 0 Å². The van der Waals surface area contributed by atoms with E-state index in [4.69, 9.17) is 16.3 Å². The van der Waals surface area contributed by atoms with Crippen LogP contribution >= 0.6 is 11.6 Å². The number of nitrogens with one attached hydrogen (secondary N) is 1. The molecule has 1 aromatic carbocycles. The van der Waals surface area contributed by atoms with E-state index in [0.717, 1.165) is 37.8 Å². The fourth-order valence-corrected chi connectivity index (χ4v) is 2.92. The lowest BCUT2D eigenvalue weighted by atomic mass is 9.99. The molecular formula is C16H23ClFNO.